The van der Waals surface area contributed by atoms with Crippen LogP contribution in [0.15, 0.2) is 0 Å². The maximum Gasteiger partial charge on any atom is 0.472 e. The monoisotopic (exact) mass is 782 g/mol. The maximum atomic E-state index is 12.6. The quantitative estimate of drug-likeness (QED) is 0.0270. The summed E-state index contributed by atoms with van der Waals surface area (Å²) in [6.07, 6.45) is 33.3. The number of hydrogen-bond acceptors (Lipinski definition) is 8. The fourth-order valence-electron chi connectivity index (χ4n) is 6.04. The minimum Gasteiger partial charge on any atom is -0.462 e. The molecule has 9 nitrogen and oxygen atoms in total. The van der Waals surface area contributed by atoms with Crippen molar-refractivity contribution in [3.63, 3.8) is 0 Å². The van der Waals surface area contributed by atoms with Crippen molar-refractivity contribution < 1.29 is 37.6 Å². The lowest BCUT2D eigenvalue weighted by Gasteiger charge is -2.19. The van der Waals surface area contributed by atoms with Gasteiger partial charge in [-0.2, -0.15) is 0 Å². The van der Waals surface area contributed by atoms with Gasteiger partial charge in [-0.15, -0.1) is 0 Å². The number of ether oxygens (including phenoxy) is 2. The van der Waals surface area contributed by atoms with Gasteiger partial charge in [-0.05, 0) is 37.5 Å². The number of phosphoric acid groups is 1. The highest BCUT2D eigenvalue weighted by Crippen LogP contribution is 2.43. The molecule has 0 aromatic heterocycles. The van der Waals surface area contributed by atoms with E-state index in [0.717, 1.165) is 64.2 Å². The van der Waals surface area contributed by atoms with Crippen molar-refractivity contribution in [2.75, 3.05) is 26.4 Å². The minimum absolute atomic E-state index is 0.0475. The molecule has 0 fully saturated rings. The molecule has 0 radical (unpaired) electrons. The molecule has 0 heterocycles. The van der Waals surface area contributed by atoms with Crippen LogP contribution in [0.25, 0.3) is 0 Å². The summed E-state index contributed by atoms with van der Waals surface area (Å²) in [6, 6.07) is 0. The predicted octanol–water partition coefficient (Wildman–Crippen LogP) is 11.7. The Morgan fingerprint density at radius 2 is 0.944 bits per heavy atom. The Morgan fingerprint density at radius 1 is 0.556 bits per heavy atom. The Bertz CT molecular complexity index is 1050. The number of esters is 2. The number of hydrogen-bond donors (Lipinski definition) is 2. The molecule has 0 aliphatic carbocycles. The van der Waals surface area contributed by atoms with E-state index in [1.807, 2.05) is 0 Å². The van der Waals surface area contributed by atoms with Gasteiger partial charge in [0, 0.05) is 32.2 Å². The summed E-state index contributed by atoms with van der Waals surface area (Å²) in [6.45, 7) is 3.69. The van der Waals surface area contributed by atoms with Gasteiger partial charge in [0.1, 0.15) is 6.61 Å². The van der Waals surface area contributed by atoms with Crippen molar-refractivity contribution in [2.24, 2.45) is 5.73 Å². The van der Waals surface area contributed by atoms with Gasteiger partial charge in [-0.1, -0.05) is 173 Å². The molecule has 0 rings (SSSR count). The first kappa shape index (κ1) is 52.1. The molecule has 3 N–H and O–H groups in total. The molecule has 314 valence electrons. The summed E-state index contributed by atoms with van der Waals surface area (Å²) >= 11 is 0. The molecule has 2 atom stereocenters. The molecule has 54 heavy (non-hydrogen) atoms. The Morgan fingerprint density at radius 3 is 1.37 bits per heavy atom. The molecule has 0 aliphatic heterocycles. The molecule has 0 aromatic carbocycles. The number of phosphoric ester groups is 1. The number of carbonyl (C=O) groups is 2. The smallest absolute Gasteiger partial charge is 0.462 e. The lowest BCUT2D eigenvalue weighted by molar-refractivity contribution is -0.161. The zero-order chi connectivity index (χ0) is 39.6. The first-order valence-electron chi connectivity index (χ1n) is 22.0. The summed E-state index contributed by atoms with van der Waals surface area (Å²) in [5.41, 5.74) is 5.34. The summed E-state index contributed by atoms with van der Waals surface area (Å²) in [4.78, 5) is 34.8. The zero-order valence-electron chi connectivity index (χ0n) is 34.7. The van der Waals surface area contributed by atoms with Gasteiger partial charge in [0.15, 0.2) is 6.10 Å². The molecule has 0 amide bonds. The second-order valence-corrected chi connectivity index (χ2v) is 16.1. The first-order valence-corrected chi connectivity index (χ1v) is 23.5. The molecule has 0 bridgehead atoms. The summed E-state index contributed by atoms with van der Waals surface area (Å²) < 4.78 is 32.7. The van der Waals surface area contributed by atoms with E-state index >= 15 is 0 Å². The van der Waals surface area contributed by atoms with Crippen LogP contribution in [0.2, 0.25) is 0 Å². The molecular formula is C44H80NO8P. The average molecular weight is 782 g/mol. The lowest BCUT2D eigenvalue weighted by Crippen LogP contribution is -2.29. The van der Waals surface area contributed by atoms with E-state index in [-0.39, 0.29) is 32.6 Å². The van der Waals surface area contributed by atoms with Gasteiger partial charge in [-0.25, -0.2) is 4.57 Å². The molecule has 0 aliphatic rings. The van der Waals surface area contributed by atoms with Crippen molar-refractivity contribution >= 4 is 19.8 Å². The standard InChI is InChI=1S/C44H80NO8P/c1-3-5-7-9-11-13-15-17-18-19-20-21-22-23-25-27-29-31-33-35-37-44(47)53-42(41-52-54(48,49)51-39-38-45)40-50-43(46)36-34-32-30-28-26-24-16-14-12-10-8-6-4-2/h42H,3-18,23-41,45H2,1-2H3,(H,48,49). The highest BCUT2D eigenvalue weighted by Gasteiger charge is 2.26. The molecule has 0 saturated carbocycles. The van der Waals surface area contributed by atoms with Crippen LogP contribution in [-0.4, -0.2) is 49.3 Å². The number of carbonyl (C=O) groups excluding carboxylic acids is 2. The van der Waals surface area contributed by atoms with Crippen LogP contribution >= 0.6 is 7.82 Å². The van der Waals surface area contributed by atoms with Gasteiger partial charge in [0.2, 0.25) is 0 Å². The van der Waals surface area contributed by atoms with Crippen LogP contribution in [0, 0.1) is 23.7 Å². The zero-order valence-corrected chi connectivity index (χ0v) is 35.6. The van der Waals surface area contributed by atoms with Crippen LogP contribution in [0.5, 0.6) is 0 Å². The highest BCUT2D eigenvalue weighted by atomic mass is 31.2. The molecule has 0 saturated heterocycles. The summed E-state index contributed by atoms with van der Waals surface area (Å²) in [5.74, 6) is 11.4. The number of unbranched alkanes of at least 4 members (excludes halogenated alkanes) is 26. The number of nitrogens with two attached hydrogens (primary N) is 1. The minimum atomic E-state index is -4.38. The van der Waals surface area contributed by atoms with Crippen LogP contribution < -0.4 is 5.73 Å². The predicted molar refractivity (Wildman–Crippen MR) is 222 cm³/mol. The van der Waals surface area contributed by atoms with Crippen LogP contribution in [0.3, 0.4) is 0 Å². The van der Waals surface area contributed by atoms with Gasteiger partial charge in [0.05, 0.1) is 13.2 Å². The van der Waals surface area contributed by atoms with Gasteiger partial charge >= 0.3 is 19.8 Å². The van der Waals surface area contributed by atoms with Crippen molar-refractivity contribution in [3.05, 3.63) is 0 Å². The van der Waals surface area contributed by atoms with Crippen molar-refractivity contribution in [1.82, 2.24) is 0 Å². The average Bonchev–Trinajstić information content (AvgIpc) is 3.16. The third kappa shape index (κ3) is 39.8. The van der Waals surface area contributed by atoms with E-state index < -0.39 is 32.5 Å². The normalized spacial score (nSPS) is 12.6. The van der Waals surface area contributed by atoms with E-state index in [2.05, 4.69) is 37.5 Å². The van der Waals surface area contributed by atoms with Crippen LogP contribution in [0.4, 0.5) is 0 Å². The van der Waals surface area contributed by atoms with Crippen molar-refractivity contribution in [3.8, 4) is 23.7 Å². The molecule has 0 aromatic rings. The SMILES string of the molecule is CCCCCCCCCCC#CC#CCCCCCCCCC(=O)OC(COC(=O)CCCCCCCCCCCCCCC)COP(=O)(O)OCCN. The van der Waals surface area contributed by atoms with E-state index in [1.54, 1.807) is 0 Å². The lowest BCUT2D eigenvalue weighted by atomic mass is 10.0. The highest BCUT2D eigenvalue weighted by molar-refractivity contribution is 7.47. The van der Waals surface area contributed by atoms with Crippen LogP contribution in [0.1, 0.15) is 213 Å². The van der Waals surface area contributed by atoms with Crippen molar-refractivity contribution in [2.45, 2.75) is 219 Å². The largest absolute Gasteiger partial charge is 0.472 e. The summed E-state index contributed by atoms with van der Waals surface area (Å²) in [7, 11) is -4.38. The maximum absolute atomic E-state index is 12.6. The molecule has 2 unspecified atom stereocenters. The van der Waals surface area contributed by atoms with E-state index in [0.29, 0.717) is 6.42 Å². The topological polar surface area (TPSA) is 134 Å². The van der Waals surface area contributed by atoms with Gasteiger partial charge < -0.3 is 20.1 Å². The summed E-state index contributed by atoms with van der Waals surface area (Å²) in [5, 5.41) is 0. The molecular weight excluding hydrogens is 701 g/mol. The Hall–Kier alpha value is -1.87. The second-order valence-electron chi connectivity index (χ2n) is 14.6. The van der Waals surface area contributed by atoms with E-state index in [4.69, 9.17) is 24.3 Å². The van der Waals surface area contributed by atoms with Crippen LogP contribution in [-0.2, 0) is 32.7 Å². The first-order chi connectivity index (χ1) is 26.3. The third-order valence-corrected chi connectivity index (χ3v) is 10.3. The Kier molecular flexibility index (Phi) is 39.4. The Labute approximate surface area is 331 Å². The fourth-order valence-corrected chi connectivity index (χ4v) is 6.80. The second kappa shape index (κ2) is 40.8. The fraction of sp³-hybridized carbons (Fsp3) is 0.864. The Balaban J connectivity index is 4.17. The number of rotatable bonds is 39. The van der Waals surface area contributed by atoms with Gasteiger partial charge in [-0.3, -0.25) is 18.6 Å². The third-order valence-electron chi connectivity index (χ3n) is 9.34. The molecule has 10 heteroatoms. The van der Waals surface area contributed by atoms with E-state index in [9.17, 15) is 19.0 Å². The van der Waals surface area contributed by atoms with Crippen molar-refractivity contribution in [1.29, 1.82) is 0 Å². The van der Waals surface area contributed by atoms with E-state index in [1.165, 1.54) is 116 Å². The molecule has 0 spiro atoms. The van der Waals surface area contributed by atoms with Gasteiger partial charge in [0.25, 0.3) is 0 Å².